The molecule has 0 fully saturated rings. The molecule has 2 heterocycles. The van der Waals surface area contributed by atoms with Crippen molar-refractivity contribution in [2.45, 2.75) is 78.9 Å². The first-order valence-electron chi connectivity index (χ1n) is 13.5. The third-order valence-electron chi connectivity index (χ3n) is 4.76. The Balaban J connectivity index is 0.000000330. The van der Waals surface area contributed by atoms with E-state index in [-0.39, 0.29) is 34.3 Å². The van der Waals surface area contributed by atoms with Crippen molar-refractivity contribution in [2.75, 3.05) is 0 Å². The van der Waals surface area contributed by atoms with Crippen molar-refractivity contribution in [1.82, 2.24) is 20.9 Å². The summed E-state index contributed by atoms with van der Waals surface area (Å²) in [6.45, 7) is 37.6. The number of carbonyl (C=O) groups is 3. The molecular formula is C33H39N7O3S. The minimum Gasteiger partial charge on any atom is -0.347 e. The van der Waals surface area contributed by atoms with Gasteiger partial charge in [0.05, 0.1) is 24.6 Å². The molecule has 0 saturated heterocycles. The Morgan fingerprint density at radius 1 is 0.614 bits per heavy atom. The topological polar surface area (TPSA) is 113 Å². The number of aromatic nitrogens is 1. The maximum absolute atomic E-state index is 11.7. The van der Waals surface area contributed by atoms with Crippen LogP contribution < -0.4 is 16.0 Å². The molecule has 44 heavy (non-hydrogen) atoms. The highest BCUT2D eigenvalue weighted by Crippen LogP contribution is 2.25. The Morgan fingerprint density at radius 3 is 1.50 bits per heavy atom. The number of benzene rings is 1. The van der Waals surface area contributed by atoms with Gasteiger partial charge in [0.2, 0.25) is 10.7 Å². The normalized spacial score (nSPS) is 10.6. The number of amides is 3. The van der Waals surface area contributed by atoms with Gasteiger partial charge in [-0.2, -0.15) is 0 Å². The second kappa shape index (κ2) is 16.0. The molecule has 10 nitrogen and oxygen atoms in total. The van der Waals surface area contributed by atoms with Crippen molar-refractivity contribution in [3.8, 4) is 0 Å². The van der Waals surface area contributed by atoms with Gasteiger partial charge in [-0.3, -0.25) is 19.4 Å². The average Bonchev–Trinajstić information content (AvgIpc) is 3.41. The Kier molecular flexibility index (Phi) is 13.4. The van der Waals surface area contributed by atoms with Crippen LogP contribution in [0, 0.1) is 19.7 Å². The van der Waals surface area contributed by atoms with Crippen LogP contribution in [0.15, 0.2) is 54.7 Å². The molecule has 0 atom stereocenters. The van der Waals surface area contributed by atoms with Crippen molar-refractivity contribution in [3.05, 3.63) is 105 Å². The predicted molar refractivity (Wildman–Crippen MR) is 175 cm³/mol. The lowest BCUT2D eigenvalue weighted by Crippen LogP contribution is -2.40. The summed E-state index contributed by atoms with van der Waals surface area (Å²) in [5, 5.41) is 9.04. The number of rotatable bonds is 3. The van der Waals surface area contributed by atoms with Gasteiger partial charge in [-0.05, 0) is 74.4 Å². The molecule has 3 aromatic rings. The average molecular weight is 614 g/mol. The molecule has 0 aliphatic carbocycles. The predicted octanol–water partition coefficient (Wildman–Crippen LogP) is 7.75. The van der Waals surface area contributed by atoms with Gasteiger partial charge in [0.1, 0.15) is 5.69 Å². The molecule has 0 spiro atoms. The molecule has 11 heteroatoms. The minimum atomic E-state index is -0.281. The van der Waals surface area contributed by atoms with Gasteiger partial charge < -0.3 is 16.0 Å². The summed E-state index contributed by atoms with van der Waals surface area (Å²) in [5.41, 5.74) is 1.13. The zero-order chi connectivity index (χ0) is 33.7. The van der Waals surface area contributed by atoms with Gasteiger partial charge >= 0.3 is 0 Å². The molecule has 3 rings (SSSR count). The molecule has 1 aromatic carbocycles. The van der Waals surface area contributed by atoms with E-state index in [9.17, 15) is 14.4 Å². The van der Waals surface area contributed by atoms with Crippen molar-refractivity contribution >= 4 is 45.4 Å². The molecule has 0 bridgehead atoms. The number of carbonyl (C=O) groups excluding carboxylic acids is 3. The number of thiophene rings is 1. The lowest BCUT2D eigenvalue weighted by molar-refractivity contribution is 0.0907. The fourth-order valence-electron chi connectivity index (χ4n) is 3.00. The Labute approximate surface area is 264 Å². The first-order valence-corrected chi connectivity index (χ1v) is 14.3. The molecule has 0 aliphatic heterocycles. The number of hydrogen-bond acceptors (Lipinski definition) is 5. The zero-order valence-corrected chi connectivity index (χ0v) is 27.4. The van der Waals surface area contributed by atoms with Crippen LogP contribution in [0.2, 0.25) is 0 Å². The SMILES string of the molecule is [C-]#[N+]c1ccc(C(=O)NC(C)(C)C)cc1.[C-]#[N+]c1ccc(C(=O)NC(C)(C)C)nc1.[C-]#[N+]c1ccc(C(=O)NC(C)(C)C)s1. The minimum absolute atomic E-state index is 0.112. The Bertz CT molecular complexity index is 1470. The van der Waals surface area contributed by atoms with Gasteiger partial charge in [0, 0.05) is 28.4 Å². The lowest BCUT2D eigenvalue weighted by atomic mass is 10.1. The van der Waals surface area contributed by atoms with E-state index in [1.54, 1.807) is 48.5 Å². The summed E-state index contributed by atoms with van der Waals surface area (Å²) in [6, 6.07) is 13.1. The van der Waals surface area contributed by atoms with Crippen LogP contribution in [0.4, 0.5) is 16.4 Å². The zero-order valence-electron chi connectivity index (χ0n) is 26.6. The van der Waals surface area contributed by atoms with E-state index in [1.807, 2.05) is 62.3 Å². The van der Waals surface area contributed by atoms with Crippen LogP contribution in [-0.2, 0) is 0 Å². The van der Waals surface area contributed by atoms with Gasteiger partial charge in [-0.1, -0.05) is 36.4 Å². The monoisotopic (exact) mass is 613 g/mol. The first-order chi connectivity index (χ1) is 20.3. The molecule has 3 N–H and O–H groups in total. The van der Waals surface area contributed by atoms with E-state index >= 15 is 0 Å². The fourth-order valence-corrected chi connectivity index (χ4v) is 3.69. The molecule has 230 valence electrons. The molecule has 3 amide bonds. The molecule has 0 aliphatic rings. The smallest absolute Gasteiger partial charge is 0.270 e. The second-order valence-electron chi connectivity index (χ2n) is 12.5. The number of nitrogens with zero attached hydrogens (tertiary/aromatic N) is 4. The van der Waals surface area contributed by atoms with E-state index in [4.69, 9.17) is 19.7 Å². The molecule has 0 unspecified atom stereocenters. The summed E-state index contributed by atoms with van der Waals surface area (Å²) >= 11 is 1.22. The Morgan fingerprint density at radius 2 is 1.09 bits per heavy atom. The lowest BCUT2D eigenvalue weighted by Gasteiger charge is -2.20. The maximum atomic E-state index is 11.7. The molecule has 2 aromatic heterocycles. The highest BCUT2D eigenvalue weighted by atomic mass is 32.1. The summed E-state index contributed by atoms with van der Waals surface area (Å²) in [4.78, 5) is 49.1. The number of pyridine rings is 1. The molecular weight excluding hydrogens is 574 g/mol. The van der Waals surface area contributed by atoms with Gasteiger partial charge in [-0.25, -0.2) is 14.5 Å². The van der Waals surface area contributed by atoms with Crippen molar-refractivity contribution in [1.29, 1.82) is 0 Å². The highest BCUT2D eigenvalue weighted by Gasteiger charge is 2.17. The van der Waals surface area contributed by atoms with Gasteiger partial charge in [-0.15, -0.1) is 11.3 Å². The van der Waals surface area contributed by atoms with E-state index in [1.165, 1.54) is 17.5 Å². The van der Waals surface area contributed by atoms with Crippen molar-refractivity contribution in [2.24, 2.45) is 0 Å². The van der Waals surface area contributed by atoms with Crippen LogP contribution in [0.5, 0.6) is 0 Å². The number of hydrogen-bond donors (Lipinski definition) is 3. The molecule has 0 saturated carbocycles. The summed E-state index contributed by atoms with van der Waals surface area (Å²) in [6.07, 6.45) is 1.39. The van der Waals surface area contributed by atoms with Crippen molar-refractivity contribution in [3.63, 3.8) is 0 Å². The van der Waals surface area contributed by atoms with Crippen LogP contribution >= 0.6 is 11.3 Å². The first kappa shape index (κ1) is 37.0. The van der Waals surface area contributed by atoms with E-state index in [0.29, 0.717) is 32.5 Å². The highest BCUT2D eigenvalue weighted by molar-refractivity contribution is 7.18. The third kappa shape index (κ3) is 14.7. The third-order valence-corrected chi connectivity index (χ3v) is 5.74. The number of nitrogens with one attached hydrogen (secondary N) is 3. The van der Waals surface area contributed by atoms with E-state index in [0.717, 1.165) is 0 Å². The standard InChI is InChI=1S/C12H14N2O.C11H13N3O.C10H12N2OS/c1-12(2,3)14-11(15)9-5-7-10(13-4)8-6-9;1-11(2,3)14-10(15)9-6-5-8(12-4)7-13-9;1-10(2,3)12-9(13)7-5-6-8(11-4)14-7/h5-8H,1-3H3,(H,14,15);5-7H,1-3H3,(H,14,15);5-6H,1-3H3,(H,12,13). The summed E-state index contributed by atoms with van der Waals surface area (Å²) in [7, 11) is 0. The quantitative estimate of drug-likeness (QED) is 0.262. The maximum Gasteiger partial charge on any atom is 0.270 e. The second-order valence-corrected chi connectivity index (χ2v) is 13.6. The van der Waals surface area contributed by atoms with Crippen molar-refractivity contribution < 1.29 is 14.4 Å². The van der Waals surface area contributed by atoms with Gasteiger partial charge in [0.15, 0.2) is 5.69 Å². The van der Waals surface area contributed by atoms with Gasteiger partial charge in [0.25, 0.3) is 17.7 Å². The van der Waals surface area contributed by atoms with Crippen LogP contribution in [0.3, 0.4) is 0 Å². The fraction of sp³-hybridized carbons (Fsp3) is 0.364. The summed E-state index contributed by atoms with van der Waals surface area (Å²) < 4.78 is 0. The van der Waals surface area contributed by atoms with E-state index < -0.39 is 0 Å². The van der Waals surface area contributed by atoms with Crippen LogP contribution in [-0.4, -0.2) is 39.3 Å². The van der Waals surface area contributed by atoms with Crippen LogP contribution in [0.25, 0.3) is 14.5 Å². The molecule has 0 radical (unpaired) electrons. The largest absolute Gasteiger partial charge is 0.347 e. The van der Waals surface area contributed by atoms with E-state index in [2.05, 4.69) is 35.5 Å². The summed E-state index contributed by atoms with van der Waals surface area (Å²) in [5.74, 6) is -0.449. The van der Waals surface area contributed by atoms with Crippen LogP contribution in [0.1, 0.15) is 92.8 Å². The Hall–Kier alpha value is -5.05.